The van der Waals surface area contributed by atoms with Gasteiger partial charge in [-0.25, -0.2) is 0 Å². The molecule has 0 fully saturated rings. The molecule has 4 N–H and O–H groups in total. The Morgan fingerprint density at radius 3 is 2.66 bits per heavy atom. The minimum absolute atomic E-state index is 0.0501. The average molecular weight is 412 g/mol. The van der Waals surface area contributed by atoms with Gasteiger partial charge in [0.25, 0.3) is 5.91 Å². The van der Waals surface area contributed by atoms with Crippen molar-refractivity contribution in [3.63, 3.8) is 0 Å². The van der Waals surface area contributed by atoms with E-state index in [9.17, 15) is 9.90 Å². The van der Waals surface area contributed by atoms with E-state index in [4.69, 9.17) is 17.0 Å². The lowest BCUT2D eigenvalue weighted by molar-refractivity contribution is -0.113. The van der Waals surface area contributed by atoms with Crippen molar-refractivity contribution >= 4 is 28.9 Å². The first-order valence-electron chi connectivity index (χ1n) is 9.42. The van der Waals surface area contributed by atoms with Gasteiger partial charge in [0.1, 0.15) is 0 Å². The zero-order chi connectivity index (χ0) is 21.1. The lowest BCUT2D eigenvalue weighted by atomic mass is 9.94. The van der Waals surface area contributed by atoms with Gasteiger partial charge in [0.05, 0.1) is 18.2 Å². The number of phenolic OH excluding ortho intramolecular Hbond substituents is 1. The molecular weight excluding hydrogens is 386 g/mol. The van der Waals surface area contributed by atoms with Crippen molar-refractivity contribution < 1.29 is 14.6 Å². The lowest BCUT2D eigenvalue weighted by Gasteiger charge is -2.30. The molecular formula is C22H25N3O3S. The molecule has 0 saturated carbocycles. The van der Waals surface area contributed by atoms with E-state index in [0.717, 1.165) is 22.4 Å². The van der Waals surface area contributed by atoms with Crippen LogP contribution in [0, 0.1) is 13.8 Å². The fraction of sp³-hybridized carbons (Fsp3) is 0.273. The Balaban J connectivity index is 1.98. The van der Waals surface area contributed by atoms with Gasteiger partial charge in [-0.05, 0) is 69.2 Å². The second-order valence-electron chi connectivity index (χ2n) is 7.00. The standard InChI is InChI=1S/C22H25N3O3S/c1-5-28-18-11-15(7-9-17(18)26)20-19(14(4)23-22(29)25-20)21(27)24-16-8-6-12(2)10-13(16)3/h6-11,20,26H,5H2,1-4H3,(H,24,27)(H2,23,25,29)/t20-/m1/s1. The number of allylic oxidation sites excluding steroid dienone is 1. The van der Waals surface area contributed by atoms with Crippen LogP contribution in [0.25, 0.3) is 0 Å². The molecule has 0 aliphatic carbocycles. The number of amides is 1. The van der Waals surface area contributed by atoms with Gasteiger partial charge >= 0.3 is 0 Å². The van der Waals surface area contributed by atoms with Crippen LogP contribution in [0.4, 0.5) is 5.69 Å². The quantitative estimate of drug-likeness (QED) is 0.560. The van der Waals surface area contributed by atoms with Gasteiger partial charge in [-0.3, -0.25) is 4.79 Å². The summed E-state index contributed by atoms with van der Waals surface area (Å²) in [5, 5.41) is 19.6. The van der Waals surface area contributed by atoms with E-state index in [1.165, 1.54) is 0 Å². The van der Waals surface area contributed by atoms with Gasteiger partial charge in [-0.2, -0.15) is 0 Å². The first kappa shape index (κ1) is 20.7. The van der Waals surface area contributed by atoms with Crippen molar-refractivity contribution in [1.29, 1.82) is 0 Å². The van der Waals surface area contributed by atoms with Crippen molar-refractivity contribution in [3.05, 3.63) is 64.4 Å². The number of anilines is 1. The van der Waals surface area contributed by atoms with Crippen LogP contribution < -0.4 is 20.7 Å². The van der Waals surface area contributed by atoms with Gasteiger partial charge in [0.15, 0.2) is 16.6 Å². The van der Waals surface area contributed by atoms with Gasteiger partial charge < -0.3 is 25.8 Å². The number of ether oxygens (including phenoxy) is 1. The minimum Gasteiger partial charge on any atom is -0.504 e. The number of aromatic hydroxyl groups is 1. The van der Waals surface area contributed by atoms with Crippen LogP contribution in [0.3, 0.4) is 0 Å². The molecule has 1 aliphatic rings. The van der Waals surface area contributed by atoms with E-state index < -0.39 is 6.04 Å². The molecule has 1 atom stereocenters. The molecule has 7 heteroatoms. The van der Waals surface area contributed by atoms with Crippen molar-refractivity contribution in [2.75, 3.05) is 11.9 Å². The van der Waals surface area contributed by atoms with Crippen molar-refractivity contribution in [3.8, 4) is 11.5 Å². The SMILES string of the molecule is CCOc1cc([C@H]2NC(=S)NC(C)=C2C(=O)Nc2ccc(C)cc2C)ccc1O. The number of aryl methyl sites for hydroxylation is 2. The van der Waals surface area contributed by atoms with Crippen LogP contribution in [0.2, 0.25) is 0 Å². The topological polar surface area (TPSA) is 82.6 Å². The molecule has 1 heterocycles. The van der Waals surface area contributed by atoms with Crippen LogP contribution in [0.5, 0.6) is 11.5 Å². The molecule has 0 bridgehead atoms. The third-order valence-electron chi connectivity index (χ3n) is 4.76. The van der Waals surface area contributed by atoms with Crippen LogP contribution in [-0.4, -0.2) is 22.7 Å². The molecule has 0 radical (unpaired) electrons. The molecule has 6 nitrogen and oxygen atoms in total. The van der Waals surface area contributed by atoms with Crippen LogP contribution in [-0.2, 0) is 4.79 Å². The third-order valence-corrected chi connectivity index (χ3v) is 4.98. The largest absolute Gasteiger partial charge is 0.504 e. The normalized spacial score (nSPS) is 16.1. The summed E-state index contributed by atoms with van der Waals surface area (Å²) in [5.41, 5.74) is 4.84. The van der Waals surface area contributed by atoms with E-state index in [0.29, 0.717) is 28.7 Å². The van der Waals surface area contributed by atoms with E-state index >= 15 is 0 Å². The maximum absolute atomic E-state index is 13.2. The summed E-state index contributed by atoms with van der Waals surface area (Å²) in [6.07, 6.45) is 0. The maximum atomic E-state index is 13.2. The molecule has 3 rings (SSSR count). The second-order valence-corrected chi connectivity index (χ2v) is 7.41. The Morgan fingerprint density at radius 1 is 1.21 bits per heavy atom. The number of hydrogen-bond donors (Lipinski definition) is 4. The lowest BCUT2D eigenvalue weighted by Crippen LogP contribution is -2.45. The molecule has 0 saturated heterocycles. The minimum atomic E-state index is -0.477. The molecule has 0 unspecified atom stereocenters. The van der Waals surface area contributed by atoms with Crippen molar-refractivity contribution in [2.24, 2.45) is 0 Å². The first-order valence-corrected chi connectivity index (χ1v) is 9.83. The first-order chi connectivity index (χ1) is 13.8. The van der Waals surface area contributed by atoms with Crippen molar-refractivity contribution in [1.82, 2.24) is 10.6 Å². The second kappa shape index (κ2) is 8.53. The van der Waals surface area contributed by atoms with E-state index in [2.05, 4.69) is 16.0 Å². The van der Waals surface area contributed by atoms with Gasteiger partial charge in [0.2, 0.25) is 0 Å². The number of phenols is 1. The smallest absolute Gasteiger partial charge is 0.255 e. The number of thiocarbonyl (C=S) groups is 1. The summed E-state index contributed by atoms with van der Waals surface area (Å²) in [7, 11) is 0. The Bertz CT molecular complexity index is 1000. The predicted molar refractivity (Wildman–Crippen MR) is 118 cm³/mol. The fourth-order valence-corrected chi connectivity index (χ4v) is 3.64. The Kier molecular flexibility index (Phi) is 6.08. The Labute approximate surface area is 176 Å². The van der Waals surface area contributed by atoms with E-state index in [1.807, 2.05) is 45.9 Å². The Hall–Kier alpha value is -3.06. The highest BCUT2D eigenvalue weighted by atomic mass is 32.1. The number of carbonyl (C=O) groups excluding carboxylic acids is 1. The summed E-state index contributed by atoms with van der Waals surface area (Å²) < 4.78 is 5.50. The number of carbonyl (C=O) groups is 1. The molecule has 0 spiro atoms. The Morgan fingerprint density at radius 2 is 1.97 bits per heavy atom. The van der Waals surface area contributed by atoms with Crippen LogP contribution in [0.15, 0.2) is 47.7 Å². The fourth-order valence-electron chi connectivity index (χ4n) is 3.37. The van der Waals surface area contributed by atoms with Crippen LogP contribution in [0.1, 0.15) is 36.6 Å². The zero-order valence-electron chi connectivity index (χ0n) is 16.9. The van der Waals surface area contributed by atoms with Gasteiger partial charge in [0, 0.05) is 11.4 Å². The summed E-state index contributed by atoms with van der Waals surface area (Å²) in [6.45, 7) is 8.06. The number of nitrogens with one attached hydrogen (secondary N) is 3. The van der Waals surface area contributed by atoms with E-state index in [1.54, 1.807) is 18.2 Å². The molecule has 1 amide bonds. The molecule has 2 aromatic carbocycles. The van der Waals surface area contributed by atoms with Gasteiger partial charge in [-0.15, -0.1) is 0 Å². The molecule has 0 aromatic heterocycles. The van der Waals surface area contributed by atoms with Gasteiger partial charge in [-0.1, -0.05) is 23.8 Å². The highest BCUT2D eigenvalue weighted by Gasteiger charge is 2.30. The molecule has 29 heavy (non-hydrogen) atoms. The number of benzene rings is 2. The van der Waals surface area contributed by atoms with E-state index in [-0.39, 0.29) is 11.7 Å². The van der Waals surface area contributed by atoms with Crippen LogP contribution >= 0.6 is 12.2 Å². The maximum Gasteiger partial charge on any atom is 0.255 e. The van der Waals surface area contributed by atoms with Crippen molar-refractivity contribution in [2.45, 2.75) is 33.7 Å². The highest BCUT2D eigenvalue weighted by Crippen LogP contribution is 2.34. The summed E-state index contributed by atoms with van der Waals surface area (Å²) in [4.78, 5) is 13.2. The number of hydrogen-bond acceptors (Lipinski definition) is 4. The third kappa shape index (κ3) is 4.51. The predicted octanol–water partition coefficient (Wildman–Crippen LogP) is 3.84. The average Bonchev–Trinajstić information content (AvgIpc) is 2.65. The monoisotopic (exact) mass is 411 g/mol. The molecule has 1 aliphatic heterocycles. The number of rotatable bonds is 5. The highest BCUT2D eigenvalue weighted by molar-refractivity contribution is 7.80. The summed E-state index contributed by atoms with van der Waals surface area (Å²) in [6, 6.07) is 10.4. The summed E-state index contributed by atoms with van der Waals surface area (Å²) >= 11 is 5.31. The summed E-state index contributed by atoms with van der Waals surface area (Å²) in [5.74, 6) is 0.185. The zero-order valence-corrected chi connectivity index (χ0v) is 17.7. The molecule has 152 valence electrons. The molecule has 2 aromatic rings.